The third-order valence-electron chi connectivity index (χ3n) is 2.06. The summed E-state index contributed by atoms with van der Waals surface area (Å²) in [4.78, 5) is 18.1. The predicted molar refractivity (Wildman–Crippen MR) is 52.8 cm³/mol. The summed E-state index contributed by atoms with van der Waals surface area (Å²) in [5.74, 6) is -0.144. The molecule has 0 radical (unpaired) electrons. The maximum absolute atomic E-state index is 11.3. The van der Waals surface area contributed by atoms with E-state index in [1.165, 1.54) is 0 Å². The molecule has 0 bridgehead atoms. The average Bonchev–Trinajstić information content (AvgIpc) is 2.67. The number of aryl methyl sites for hydroxylation is 1. The number of hydrogen-bond acceptors (Lipinski definition) is 3. The Morgan fingerprint density at radius 3 is 3.07 bits per heavy atom. The molecule has 0 amide bonds. The van der Waals surface area contributed by atoms with Gasteiger partial charge in [-0.25, -0.2) is 4.98 Å². The molecular weight excluding hydrogens is 180 g/mol. The first kappa shape index (κ1) is 10.8. The smallest absolute Gasteiger partial charge is 0.306 e. The average molecular weight is 196 g/mol. The molecule has 14 heavy (non-hydrogen) atoms. The topological polar surface area (TPSA) is 55.0 Å². The van der Waals surface area contributed by atoms with Crippen molar-refractivity contribution >= 4 is 5.97 Å². The van der Waals surface area contributed by atoms with E-state index in [9.17, 15) is 4.79 Å². The summed E-state index contributed by atoms with van der Waals surface area (Å²) in [7, 11) is 0. The van der Waals surface area contributed by atoms with Crippen LogP contribution in [0.25, 0.3) is 0 Å². The van der Waals surface area contributed by atoms with Crippen molar-refractivity contribution in [2.45, 2.75) is 39.2 Å². The van der Waals surface area contributed by atoms with E-state index in [4.69, 9.17) is 4.74 Å². The number of carbonyl (C=O) groups excluding carboxylic acids is 1. The zero-order valence-electron chi connectivity index (χ0n) is 8.62. The van der Waals surface area contributed by atoms with Crippen LogP contribution in [0.5, 0.6) is 0 Å². The molecule has 0 fully saturated rings. The second-order valence-corrected chi connectivity index (χ2v) is 3.29. The summed E-state index contributed by atoms with van der Waals surface area (Å²) in [5, 5.41) is 0. The fourth-order valence-corrected chi connectivity index (χ4v) is 1.02. The van der Waals surface area contributed by atoms with Crippen LogP contribution in [0, 0.1) is 0 Å². The van der Waals surface area contributed by atoms with E-state index in [0.29, 0.717) is 12.8 Å². The summed E-state index contributed by atoms with van der Waals surface area (Å²) < 4.78 is 5.12. The Labute approximate surface area is 83.7 Å². The van der Waals surface area contributed by atoms with Gasteiger partial charge >= 0.3 is 5.97 Å². The van der Waals surface area contributed by atoms with Crippen LogP contribution in [0.2, 0.25) is 0 Å². The van der Waals surface area contributed by atoms with Crippen molar-refractivity contribution in [1.29, 1.82) is 0 Å². The molecule has 1 rings (SSSR count). The fraction of sp³-hybridized carbons (Fsp3) is 0.600. The van der Waals surface area contributed by atoms with Gasteiger partial charge in [-0.15, -0.1) is 0 Å². The number of aromatic nitrogens is 2. The van der Waals surface area contributed by atoms with E-state index in [-0.39, 0.29) is 12.1 Å². The van der Waals surface area contributed by atoms with Crippen LogP contribution in [-0.2, 0) is 16.0 Å². The largest absolute Gasteiger partial charge is 0.463 e. The number of hydrogen-bond donors (Lipinski definition) is 1. The van der Waals surface area contributed by atoms with Crippen molar-refractivity contribution in [2.75, 3.05) is 0 Å². The second-order valence-electron chi connectivity index (χ2n) is 3.29. The molecule has 0 spiro atoms. The quantitative estimate of drug-likeness (QED) is 0.729. The first-order valence-corrected chi connectivity index (χ1v) is 4.89. The Bertz CT molecular complexity index is 270. The summed E-state index contributed by atoms with van der Waals surface area (Å²) in [5.41, 5.74) is 0.964. The molecule has 1 atom stereocenters. The Morgan fingerprint density at radius 2 is 2.50 bits per heavy atom. The summed E-state index contributed by atoms with van der Waals surface area (Å²) in [6, 6.07) is 0. The molecule has 0 aliphatic rings. The summed E-state index contributed by atoms with van der Waals surface area (Å²) in [6.07, 6.45) is 5.27. The minimum absolute atomic E-state index is 0.0178. The lowest BCUT2D eigenvalue weighted by molar-refractivity contribution is -0.148. The van der Waals surface area contributed by atoms with Crippen molar-refractivity contribution in [3.05, 3.63) is 18.2 Å². The first-order valence-electron chi connectivity index (χ1n) is 4.89. The highest BCUT2D eigenvalue weighted by atomic mass is 16.5. The lowest BCUT2D eigenvalue weighted by Crippen LogP contribution is -2.14. The minimum Gasteiger partial charge on any atom is -0.463 e. The number of ether oxygens (including phenoxy) is 1. The van der Waals surface area contributed by atoms with E-state index in [1.807, 2.05) is 13.8 Å². The van der Waals surface area contributed by atoms with Gasteiger partial charge in [0.05, 0.1) is 18.9 Å². The number of nitrogens with zero attached hydrogens (tertiary/aromatic N) is 1. The molecule has 0 aliphatic carbocycles. The zero-order chi connectivity index (χ0) is 10.4. The molecule has 1 aromatic rings. The summed E-state index contributed by atoms with van der Waals surface area (Å²) in [6.45, 7) is 3.89. The van der Waals surface area contributed by atoms with Crippen LogP contribution in [0.15, 0.2) is 12.5 Å². The Morgan fingerprint density at radius 1 is 1.71 bits per heavy atom. The van der Waals surface area contributed by atoms with Gasteiger partial charge in [-0.05, 0) is 19.8 Å². The number of imidazole rings is 1. The van der Waals surface area contributed by atoms with Gasteiger partial charge in [0.1, 0.15) is 0 Å². The molecule has 0 aliphatic heterocycles. The van der Waals surface area contributed by atoms with E-state index in [0.717, 1.165) is 12.1 Å². The third-order valence-corrected chi connectivity index (χ3v) is 2.06. The molecule has 1 unspecified atom stereocenters. The minimum atomic E-state index is -0.144. The molecule has 1 N–H and O–H groups in total. The molecular formula is C10H16N2O2. The standard InChI is InChI=1S/C10H16N2O2/c1-3-8(2)14-10(13)5-4-9-6-11-7-12-9/h6-8H,3-5H2,1-2H3,(H,11,12). The maximum Gasteiger partial charge on any atom is 0.306 e. The van der Waals surface area contributed by atoms with E-state index in [1.54, 1.807) is 12.5 Å². The second kappa shape index (κ2) is 5.42. The highest BCUT2D eigenvalue weighted by Gasteiger charge is 2.07. The van der Waals surface area contributed by atoms with Crippen LogP contribution in [-0.4, -0.2) is 22.0 Å². The lowest BCUT2D eigenvalue weighted by atomic mass is 10.2. The van der Waals surface area contributed by atoms with Crippen LogP contribution < -0.4 is 0 Å². The van der Waals surface area contributed by atoms with Gasteiger partial charge in [-0.2, -0.15) is 0 Å². The van der Waals surface area contributed by atoms with Crippen molar-refractivity contribution in [3.8, 4) is 0 Å². The van der Waals surface area contributed by atoms with E-state index in [2.05, 4.69) is 9.97 Å². The van der Waals surface area contributed by atoms with Gasteiger partial charge in [-0.1, -0.05) is 6.92 Å². The van der Waals surface area contributed by atoms with Crippen molar-refractivity contribution < 1.29 is 9.53 Å². The maximum atomic E-state index is 11.3. The van der Waals surface area contributed by atoms with Gasteiger partial charge in [0.2, 0.25) is 0 Å². The SMILES string of the molecule is CCC(C)OC(=O)CCc1cnc[nH]1. The number of carbonyl (C=O) groups is 1. The molecule has 1 aromatic heterocycles. The lowest BCUT2D eigenvalue weighted by Gasteiger charge is -2.09. The monoisotopic (exact) mass is 196 g/mol. The van der Waals surface area contributed by atoms with Gasteiger partial charge in [-0.3, -0.25) is 4.79 Å². The molecule has 4 nitrogen and oxygen atoms in total. The Hall–Kier alpha value is -1.32. The normalized spacial score (nSPS) is 12.4. The Balaban J connectivity index is 2.22. The van der Waals surface area contributed by atoms with Crippen molar-refractivity contribution in [3.63, 3.8) is 0 Å². The van der Waals surface area contributed by atoms with Gasteiger partial charge < -0.3 is 9.72 Å². The first-order chi connectivity index (χ1) is 6.72. The van der Waals surface area contributed by atoms with Gasteiger partial charge in [0.25, 0.3) is 0 Å². The number of nitrogens with one attached hydrogen (secondary N) is 1. The number of aromatic amines is 1. The molecule has 1 heterocycles. The van der Waals surface area contributed by atoms with Gasteiger partial charge in [0, 0.05) is 11.9 Å². The fourth-order valence-electron chi connectivity index (χ4n) is 1.02. The number of rotatable bonds is 5. The number of H-pyrrole nitrogens is 1. The summed E-state index contributed by atoms with van der Waals surface area (Å²) >= 11 is 0. The van der Waals surface area contributed by atoms with Crippen LogP contribution >= 0.6 is 0 Å². The molecule has 0 aromatic carbocycles. The Kier molecular flexibility index (Phi) is 4.16. The molecule has 0 saturated carbocycles. The highest BCUT2D eigenvalue weighted by molar-refractivity contribution is 5.69. The number of esters is 1. The molecule has 4 heteroatoms. The van der Waals surface area contributed by atoms with Crippen LogP contribution in [0.3, 0.4) is 0 Å². The van der Waals surface area contributed by atoms with Crippen LogP contribution in [0.1, 0.15) is 32.4 Å². The highest BCUT2D eigenvalue weighted by Crippen LogP contribution is 2.02. The van der Waals surface area contributed by atoms with Gasteiger partial charge in [0.15, 0.2) is 0 Å². The van der Waals surface area contributed by atoms with E-state index < -0.39 is 0 Å². The predicted octanol–water partition coefficient (Wildman–Crippen LogP) is 1.68. The van der Waals surface area contributed by atoms with E-state index >= 15 is 0 Å². The van der Waals surface area contributed by atoms with Crippen molar-refractivity contribution in [2.24, 2.45) is 0 Å². The van der Waals surface area contributed by atoms with Crippen LogP contribution in [0.4, 0.5) is 0 Å². The molecule has 0 saturated heterocycles. The molecule has 78 valence electrons. The third kappa shape index (κ3) is 3.60. The zero-order valence-corrected chi connectivity index (χ0v) is 8.62. The van der Waals surface area contributed by atoms with Crippen molar-refractivity contribution in [1.82, 2.24) is 9.97 Å².